The smallest absolute Gasteiger partial charge is 0.224 e. The van der Waals surface area contributed by atoms with Gasteiger partial charge in [-0.2, -0.15) is 0 Å². The van der Waals surface area contributed by atoms with E-state index in [1.807, 2.05) is 13.0 Å². The van der Waals surface area contributed by atoms with Crippen LogP contribution < -0.4 is 4.90 Å². The van der Waals surface area contributed by atoms with Gasteiger partial charge in [-0.25, -0.2) is 9.97 Å². The SMILES string of the molecule is Cc1cc(N2CC(C)CCC2C)nc(Cl)n1. The molecule has 0 radical (unpaired) electrons. The number of aryl methyl sites for hydroxylation is 1. The fourth-order valence-electron chi connectivity index (χ4n) is 2.27. The van der Waals surface area contributed by atoms with Crippen LogP contribution in [0.25, 0.3) is 0 Å². The highest BCUT2D eigenvalue weighted by atomic mass is 35.5. The summed E-state index contributed by atoms with van der Waals surface area (Å²) in [5.41, 5.74) is 0.931. The van der Waals surface area contributed by atoms with Gasteiger partial charge in [-0.3, -0.25) is 0 Å². The summed E-state index contributed by atoms with van der Waals surface area (Å²) in [6.45, 7) is 7.55. The third-order valence-corrected chi connectivity index (χ3v) is 3.39. The summed E-state index contributed by atoms with van der Waals surface area (Å²) >= 11 is 5.90. The van der Waals surface area contributed by atoms with Crippen molar-refractivity contribution in [1.29, 1.82) is 0 Å². The van der Waals surface area contributed by atoms with Crippen LogP contribution >= 0.6 is 11.6 Å². The number of rotatable bonds is 1. The summed E-state index contributed by atoms with van der Waals surface area (Å²) < 4.78 is 0. The zero-order valence-corrected chi connectivity index (χ0v) is 10.8. The Hall–Kier alpha value is -0.830. The molecule has 3 nitrogen and oxygen atoms in total. The van der Waals surface area contributed by atoms with E-state index in [0.717, 1.165) is 24.0 Å². The summed E-state index contributed by atoms with van der Waals surface area (Å²) in [4.78, 5) is 10.8. The average Bonchev–Trinajstić information content (AvgIpc) is 2.20. The van der Waals surface area contributed by atoms with Crippen molar-refractivity contribution in [2.75, 3.05) is 11.4 Å². The molecule has 4 heteroatoms. The summed E-state index contributed by atoms with van der Waals surface area (Å²) in [5.74, 6) is 1.70. The average molecular weight is 240 g/mol. The lowest BCUT2D eigenvalue weighted by molar-refractivity contribution is 0.388. The van der Waals surface area contributed by atoms with Crippen molar-refractivity contribution in [3.63, 3.8) is 0 Å². The molecule has 1 aromatic heterocycles. The molecule has 1 fully saturated rings. The highest BCUT2D eigenvalue weighted by Gasteiger charge is 2.24. The van der Waals surface area contributed by atoms with Crippen LogP contribution in [0.5, 0.6) is 0 Å². The molecular weight excluding hydrogens is 222 g/mol. The summed E-state index contributed by atoms with van der Waals surface area (Å²) in [5, 5.41) is 0.348. The van der Waals surface area contributed by atoms with Gasteiger partial charge in [0.2, 0.25) is 5.28 Å². The molecule has 0 aromatic carbocycles. The first kappa shape index (κ1) is 11.6. The lowest BCUT2D eigenvalue weighted by Gasteiger charge is -2.37. The van der Waals surface area contributed by atoms with Gasteiger partial charge >= 0.3 is 0 Å². The standard InChI is InChI=1S/C12H18ClN3/c1-8-4-5-10(3)16(7-8)11-6-9(2)14-12(13)15-11/h6,8,10H,4-5,7H2,1-3H3. The van der Waals surface area contributed by atoms with E-state index < -0.39 is 0 Å². The van der Waals surface area contributed by atoms with Crippen molar-refractivity contribution >= 4 is 17.4 Å². The molecule has 2 heterocycles. The van der Waals surface area contributed by atoms with Crippen molar-refractivity contribution in [3.05, 3.63) is 17.0 Å². The van der Waals surface area contributed by atoms with Crippen LogP contribution in [0.3, 0.4) is 0 Å². The van der Waals surface area contributed by atoms with Crippen molar-refractivity contribution in [3.8, 4) is 0 Å². The van der Waals surface area contributed by atoms with E-state index >= 15 is 0 Å². The maximum atomic E-state index is 5.90. The first-order valence-corrected chi connectivity index (χ1v) is 6.22. The Bertz CT molecular complexity index is 360. The first-order chi connectivity index (χ1) is 7.56. The van der Waals surface area contributed by atoms with Gasteiger partial charge in [0, 0.05) is 24.3 Å². The molecule has 0 spiro atoms. The second-order valence-corrected chi connectivity index (χ2v) is 5.16. The van der Waals surface area contributed by atoms with Crippen LogP contribution in [0.15, 0.2) is 6.07 Å². The van der Waals surface area contributed by atoms with E-state index in [4.69, 9.17) is 11.6 Å². The highest BCUT2D eigenvalue weighted by molar-refractivity contribution is 6.28. The minimum Gasteiger partial charge on any atom is -0.353 e. The monoisotopic (exact) mass is 239 g/mol. The quantitative estimate of drug-likeness (QED) is 0.706. The molecule has 2 rings (SSSR count). The van der Waals surface area contributed by atoms with Crippen LogP contribution in [0.2, 0.25) is 5.28 Å². The Morgan fingerprint density at radius 3 is 2.75 bits per heavy atom. The number of anilines is 1. The molecule has 0 amide bonds. The number of nitrogens with zero attached hydrogens (tertiary/aromatic N) is 3. The summed E-state index contributed by atoms with van der Waals surface area (Å²) in [6.07, 6.45) is 2.53. The maximum Gasteiger partial charge on any atom is 0.224 e. The Morgan fingerprint density at radius 1 is 1.31 bits per heavy atom. The number of hydrogen-bond donors (Lipinski definition) is 0. The number of aromatic nitrogens is 2. The summed E-state index contributed by atoms with van der Waals surface area (Å²) in [7, 11) is 0. The third-order valence-electron chi connectivity index (χ3n) is 3.23. The second-order valence-electron chi connectivity index (χ2n) is 4.82. The van der Waals surface area contributed by atoms with E-state index in [9.17, 15) is 0 Å². The van der Waals surface area contributed by atoms with Gasteiger partial charge in [0.1, 0.15) is 5.82 Å². The molecule has 16 heavy (non-hydrogen) atoms. The van der Waals surface area contributed by atoms with Crippen molar-refractivity contribution in [1.82, 2.24) is 9.97 Å². The molecule has 1 saturated heterocycles. The number of hydrogen-bond acceptors (Lipinski definition) is 3. The van der Waals surface area contributed by atoms with Crippen LogP contribution in [-0.4, -0.2) is 22.6 Å². The predicted molar refractivity (Wildman–Crippen MR) is 67.0 cm³/mol. The van der Waals surface area contributed by atoms with Gasteiger partial charge in [0.25, 0.3) is 0 Å². The van der Waals surface area contributed by atoms with Gasteiger partial charge < -0.3 is 4.90 Å². The van der Waals surface area contributed by atoms with Gasteiger partial charge in [0.15, 0.2) is 0 Å². The van der Waals surface area contributed by atoms with Gasteiger partial charge in [-0.15, -0.1) is 0 Å². The molecule has 0 aliphatic carbocycles. The maximum absolute atomic E-state index is 5.90. The van der Waals surface area contributed by atoms with Gasteiger partial charge in [-0.1, -0.05) is 6.92 Å². The molecule has 1 aromatic rings. The molecule has 2 unspecified atom stereocenters. The Labute approximate surface area is 102 Å². The number of piperidine rings is 1. The van der Waals surface area contributed by atoms with Crippen molar-refractivity contribution in [2.24, 2.45) is 5.92 Å². The normalized spacial score (nSPS) is 25.9. The topological polar surface area (TPSA) is 29.0 Å². The van der Waals surface area contributed by atoms with Crippen LogP contribution in [0.1, 0.15) is 32.4 Å². The van der Waals surface area contributed by atoms with Crippen LogP contribution in [0.4, 0.5) is 5.82 Å². The van der Waals surface area contributed by atoms with Crippen LogP contribution in [-0.2, 0) is 0 Å². The first-order valence-electron chi connectivity index (χ1n) is 5.84. The lowest BCUT2D eigenvalue weighted by Crippen LogP contribution is -2.41. The highest BCUT2D eigenvalue weighted by Crippen LogP contribution is 2.26. The minimum atomic E-state index is 0.348. The van der Waals surface area contributed by atoms with E-state index in [2.05, 4.69) is 28.7 Å². The zero-order chi connectivity index (χ0) is 11.7. The second kappa shape index (κ2) is 4.58. The number of halogens is 1. The molecule has 88 valence electrons. The van der Waals surface area contributed by atoms with E-state index in [0.29, 0.717) is 11.3 Å². The Morgan fingerprint density at radius 2 is 2.06 bits per heavy atom. The molecule has 2 atom stereocenters. The molecule has 0 bridgehead atoms. The largest absolute Gasteiger partial charge is 0.353 e. The molecule has 0 N–H and O–H groups in total. The minimum absolute atomic E-state index is 0.348. The summed E-state index contributed by atoms with van der Waals surface area (Å²) in [6, 6.07) is 2.56. The third kappa shape index (κ3) is 2.46. The van der Waals surface area contributed by atoms with E-state index in [-0.39, 0.29) is 0 Å². The molecule has 0 saturated carbocycles. The fraction of sp³-hybridized carbons (Fsp3) is 0.667. The van der Waals surface area contributed by atoms with Gasteiger partial charge in [0.05, 0.1) is 0 Å². The van der Waals surface area contributed by atoms with Crippen molar-refractivity contribution < 1.29 is 0 Å². The predicted octanol–water partition coefficient (Wildman–Crippen LogP) is 3.06. The lowest BCUT2D eigenvalue weighted by atomic mass is 9.95. The van der Waals surface area contributed by atoms with Crippen LogP contribution in [0, 0.1) is 12.8 Å². The Kier molecular flexibility index (Phi) is 3.33. The molecular formula is C12H18ClN3. The van der Waals surface area contributed by atoms with Crippen molar-refractivity contribution in [2.45, 2.75) is 39.7 Å². The fourth-order valence-corrected chi connectivity index (χ4v) is 2.49. The molecule has 1 aliphatic rings. The zero-order valence-electron chi connectivity index (χ0n) is 10.1. The van der Waals surface area contributed by atoms with Gasteiger partial charge in [-0.05, 0) is 44.2 Å². The van der Waals surface area contributed by atoms with E-state index in [1.54, 1.807) is 0 Å². The van der Waals surface area contributed by atoms with E-state index in [1.165, 1.54) is 12.8 Å². The molecule has 1 aliphatic heterocycles. The Balaban J connectivity index is 2.27.